The van der Waals surface area contributed by atoms with Crippen LogP contribution < -0.4 is 9.64 Å². The van der Waals surface area contributed by atoms with Gasteiger partial charge in [-0.15, -0.1) is 11.3 Å². The molecule has 27 heavy (non-hydrogen) atoms. The van der Waals surface area contributed by atoms with E-state index >= 15 is 0 Å². The number of rotatable bonds is 7. The minimum absolute atomic E-state index is 0.0588. The summed E-state index contributed by atoms with van der Waals surface area (Å²) in [6.07, 6.45) is 0.0588. The molecule has 1 aliphatic heterocycles. The van der Waals surface area contributed by atoms with E-state index in [1.807, 2.05) is 38.9 Å². The normalized spacial score (nSPS) is 15.0. The molecule has 148 valence electrons. The molecule has 0 atom stereocenters. The number of likely N-dealkylation sites (N-methyl/N-ethyl adjacent to an activating group) is 1. The number of ether oxygens (including phenoxy) is 3. The number of hydrogen-bond acceptors (Lipinski definition) is 7. The average molecular weight is 393 g/mol. The van der Waals surface area contributed by atoms with Gasteiger partial charge in [-0.3, -0.25) is 0 Å². The number of fused-ring (bicyclic) bond motifs is 1. The van der Waals surface area contributed by atoms with E-state index in [9.17, 15) is 4.79 Å². The summed E-state index contributed by atoms with van der Waals surface area (Å²) < 4.78 is 17.9. The molecule has 1 aromatic heterocycles. The molecular weight excluding hydrogens is 364 g/mol. The summed E-state index contributed by atoms with van der Waals surface area (Å²) in [5.41, 5.74) is 1.11. The fourth-order valence-electron chi connectivity index (χ4n) is 2.94. The Hall–Kier alpha value is -1.83. The Morgan fingerprint density at radius 3 is 2.67 bits per heavy atom. The first kappa shape index (κ1) is 19.9. The lowest BCUT2D eigenvalue weighted by Crippen LogP contribution is -2.36. The van der Waals surface area contributed by atoms with Crippen molar-refractivity contribution >= 4 is 33.1 Å². The van der Waals surface area contributed by atoms with Crippen LogP contribution in [0.4, 0.5) is 5.69 Å². The molecule has 3 rings (SSSR count). The number of carbonyl (C=O) groups excluding carboxylic acids is 1. The maximum Gasteiger partial charge on any atom is 0.348 e. The molecular formula is C20H28N2O4S. The van der Waals surface area contributed by atoms with Crippen LogP contribution in [0.15, 0.2) is 18.2 Å². The Kier molecular flexibility index (Phi) is 6.57. The van der Waals surface area contributed by atoms with Gasteiger partial charge < -0.3 is 24.0 Å². The molecule has 0 unspecified atom stereocenters. The number of morpholine rings is 1. The zero-order valence-electron chi connectivity index (χ0n) is 16.5. The van der Waals surface area contributed by atoms with Gasteiger partial charge in [-0.2, -0.15) is 0 Å². The average Bonchev–Trinajstić information content (AvgIpc) is 3.06. The summed E-state index contributed by atoms with van der Waals surface area (Å²) in [5.74, 6) is 0.536. The zero-order valence-corrected chi connectivity index (χ0v) is 17.3. The number of anilines is 1. The van der Waals surface area contributed by atoms with E-state index in [2.05, 4.69) is 17.0 Å². The van der Waals surface area contributed by atoms with Crippen molar-refractivity contribution in [3.05, 3.63) is 23.1 Å². The van der Waals surface area contributed by atoms with E-state index in [-0.39, 0.29) is 12.1 Å². The molecule has 2 aromatic rings. The van der Waals surface area contributed by atoms with Crippen LogP contribution in [0.25, 0.3) is 10.1 Å². The third-order valence-electron chi connectivity index (χ3n) is 4.30. The first-order valence-electron chi connectivity index (χ1n) is 9.33. The maximum atomic E-state index is 12.4. The summed E-state index contributed by atoms with van der Waals surface area (Å²) in [7, 11) is 3.91. The first-order chi connectivity index (χ1) is 12.9. The van der Waals surface area contributed by atoms with E-state index in [1.165, 1.54) is 11.3 Å². The van der Waals surface area contributed by atoms with E-state index in [0.29, 0.717) is 18.0 Å². The second-order valence-electron chi connectivity index (χ2n) is 7.17. The highest BCUT2D eigenvalue weighted by atomic mass is 32.1. The highest BCUT2D eigenvalue weighted by Gasteiger charge is 2.19. The van der Waals surface area contributed by atoms with Crippen LogP contribution in [0, 0.1) is 0 Å². The van der Waals surface area contributed by atoms with Crippen LogP contribution in [0.5, 0.6) is 5.75 Å². The van der Waals surface area contributed by atoms with Crippen molar-refractivity contribution in [1.82, 2.24) is 4.90 Å². The van der Waals surface area contributed by atoms with Crippen molar-refractivity contribution in [2.75, 3.05) is 58.5 Å². The van der Waals surface area contributed by atoms with Crippen LogP contribution >= 0.6 is 11.3 Å². The van der Waals surface area contributed by atoms with E-state index in [4.69, 9.17) is 14.2 Å². The zero-order chi connectivity index (χ0) is 19.4. The second kappa shape index (κ2) is 8.91. The highest BCUT2D eigenvalue weighted by Crippen LogP contribution is 2.38. The smallest absolute Gasteiger partial charge is 0.348 e. The molecule has 1 aliphatic rings. The molecule has 0 N–H and O–H groups in total. The van der Waals surface area contributed by atoms with Crippen LogP contribution in [-0.2, 0) is 9.47 Å². The highest BCUT2D eigenvalue weighted by molar-refractivity contribution is 7.20. The Morgan fingerprint density at radius 2 is 2.00 bits per heavy atom. The van der Waals surface area contributed by atoms with Gasteiger partial charge in [-0.05, 0) is 40.1 Å². The first-order valence-corrected chi connectivity index (χ1v) is 10.1. The summed E-state index contributed by atoms with van der Waals surface area (Å²) in [6.45, 7) is 8.29. The number of hydrogen-bond donors (Lipinski definition) is 0. The predicted octanol–water partition coefficient (Wildman–Crippen LogP) is 3.24. The topological polar surface area (TPSA) is 51.2 Å². The van der Waals surface area contributed by atoms with Gasteiger partial charge in [0.1, 0.15) is 17.2 Å². The van der Waals surface area contributed by atoms with Crippen LogP contribution in [0.2, 0.25) is 0 Å². The fraction of sp³-hybridized carbons (Fsp3) is 0.550. The predicted molar refractivity (Wildman–Crippen MR) is 109 cm³/mol. The standard InChI is InChI=1S/C20H28N2O4S/c1-14(2)26-17-11-15(22-6-8-24-9-7-22)12-18-16(17)13-19(27-18)20(23)25-10-5-21(3)4/h11-14H,5-10H2,1-4H3. The largest absolute Gasteiger partial charge is 0.490 e. The van der Waals surface area contributed by atoms with Gasteiger partial charge in [0.2, 0.25) is 0 Å². The molecule has 1 saturated heterocycles. The fourth-order valence-corrected chi connectivity index (χ4v) is 3.95. The number of esters is 1. The minimum atomic E-state index is -0.276. The molecule has 1 fully saturated rings. The van der Waals surface area contributed by atoms with Gasteiger partial charge in [-0.1, -0.05) is 0 Å². The van der Waals surface area contributed by atoms with Crippen molar-refractivity contribution in [2.45, 2.75) is 20.0 Å². The van der Waals surface area contributed by atoms with Crippen molar-refractivity contribution < 1.29 is 19.0 Å². The van der Waals surface area contributed by atoms with Crippen molar-refractivity contribution in [3.8, 4) is 5.75 Å². The molecule has 0 amide bonds. The molecule has 0 spiro atoms. The van der Waals surface area contributed by atoms with Gasteiger partial charge in [0, 0.05) is 41.5 Å². The lowest BCUT2D eigenvalue weighted by molar-refractivity contribution is 0.0487. The van der Waals surface area contributed by atoms with E-state index in [0.717, 1.165) is 47.8 Å². The van der Waals surface area contributed by atoms with Gasteiger partial charge in [0.25, 0.3) is 0 Å². The number of thiophene rings is 1. The number of benzene rings is 1. The molecule has 6 nitrogen and oxygen atoms in total. The molecule has 1 aromatic carbocycles. The maximum absolute atomic E-state index is 12.4. The van der Waals surface area contributed by atoms with E-state index in [1.54, 1.807) is 0 Å². The lowest BCUT2D eigenvalue weighted by atomic mass is 10.2. The Balaban J connectivity index is 1.89. The molecule has 0 aliphatic carbocycles. The third-order valence-corrected chi connectivity index (χ3v) is 5.36. The van der Waals surface area contributed by atoms with Crippen LogP contribution in [0.1, 0.15) is 23.5 Å². The van der Waals surface area contributed by atoms with Crippen LogP contribution in [-0.4, -0.2) is 70.5 Å². The third kappa shape index (κ3) is 5.12. The van der Waals surface area contributed by atoms with Gasteiger partial charge in [-0.25, -0.2) is 4.79 Å². The summed E-state index contributed by atoms with van der Waals surface area (Å²) in [4.78, 5) is 17.3. The van der Waals surface area contributed by atoms with Gasteiger partial charge in [0.05, 0.1) is 19.3 Å². The minimum Gasteiger partial charge on any atom is -0.490 e. The van der Waals surface area contributed by atoms with Crippen molar-refractivity contribution in [3.63, 3.8) is 0 Å². The molecule has 0 radical (unpaired) electrons. The lowest BCUT2D eigenvalue weighted by Gasteiger charge is -2.29. The van der Waals surface area contributed by atoms with Gasteiger partial charge >= 0.3 is 5.97 Å². The molecule has 2 heterocycles. The number of carbonyl (C=O) groups is 1. The van der Waals surface area contributed by atoms with Crippen molar-refractivity contribution in [2.24, 2.45) is 0 Å². The molecule has 0 bridgehead atoms. The van der Waals surface area contributed by atoms with Crippen LogP contribution in [0.3, 0.4) is 0 Å². The summed E-state index contributed by atoms with van der Waals surface area (Å²) >= 11 is 1.46. The monoisotopic (exact) mass is 392 g/mol. The second-order valence-corrected chi connectivity index (χ2v) is 8.26. The Morgan fingerprint density at radius 1 is 1.26 bits per heavy atom. The molecule has 0 saturated carbocycles. The summed E-state index contributed by atoms with van der Waals surface area (Å²) in [5, 5.41) is 0.963. The van der Waals surface area contributed by atoms with E-state index < -0.39 is 0 Å². The van der Waals surface area contributed by atoms with Gasteiger partial charge in [0.15, 0.2) is 0 Å². The SMILES string of the molecule is CC(C)Oc1cc(N2CCOCC2)cc2sc(C(=O)OCCN(C)C)cc12. The Labute approximate surface area is 164 Å². The number of nitrogens with zero attached hydrogens (tertiary/aromatic N) is 2. The van der Waals surface area contributed by atoms with Crippen molar-refractivity contribution in [1.29, 1.82) is 0 Å². The quantitative estimate of drug-likeness (QED) is 0.675. The molecule has 7 heteroatoms. The summed E-state index contributed by atoms with van der Waals surface area (Å²) in [6, 6.07) is 6.09. The Bertz CT molecular complexity index is 782.